The van der Waals surface area contributed by atoms with E-state index in [0.717, 1.165) is 10.7 Å². The van der Waals surface area contributed by atoms with E-state index in [-0.39, 0.29) is 30.1 Å². The summed E-state index contributed by atoms with van der Waals surface area (Å²) in [6.45, 7) is 14.0. The zero-order valence-electron chi connectivity index (χ0n) is 16.8. The number of carbonyl (C=O) groups is 1. The third kappa shape index (κ3) is 9.02. The average molecular weight is 497 g/mol. The Kier molecular flexibility index (Phi) is 11.1. The first kappa shape index (κ1) is 24.9. The first-order chi connectivity index (χ1) is 11.7. The predicted molar refractivity (Wildman–Crippen MR) is 119 cm³/mol. The molecule has 1 aromatic heterocycles. The highest BCUT2D eigenvalue weighted by molar-refractivity contribution is 14.0. The molecular formula is C17H32IN5O2S. The zero-order valence-corrected chi connectivity index (χ0v) is 19.9. The normalized spacial score (nSPS) is 11.6. The van der Waals surface area contributed by atoms with Crippen molar-refractivity contribution in [2.45, 2.75) is 53.7 Å². The van der Waals surface area contributed by atoms with Gasteiger partial charge in [0.15, 0.2) is 5.96 Å². The number of hydrogen-bond acceptors (Lipinski definition) is 5. The van der Waals surface area contributed by atoms with Crippen LogP contribution < -0.4 is 10.6 Å². The summed E-state index contributed by atoms with van der Waals surface area (Å²) in [7, 11) is 1.72. The van der Waals surface area contributed by atoms with Crippen LogP contribution in [0, 0.1) is 13.8 Å². The smallest absolute Gasteiger partial charge is 0.410 e. The van der Waals surface area contributed by atoms with E-state index in [1.54, 1.807) is 23.3 Å². The van der Waals surface area contributed by atoms with Crippen molar-refractivity contribution in [2.75, 3.05) is 26.7 Å². The molecule has 150 valence electrons. The molecule has 1 rings (SSSR count). The Morgan fingerprint density at radius 2 is 1.96 bits per heavy atom. The van der Waals surface area contributed by atoms with Crippen molar-refractivity contribution in [3.63, 3.8) is 0 Å². The van der Waals surface area contributed by atoms with Crippen LogP contribution in [0.5, 0.6) is 0 Å². The predicted octanol–water partition coefficient (Wildman–Crippen LogP) is 3.30. The Hall–Kier alpha value is -1.10. The fraction of sp³-hybridized carbons (Fsp3) is 0.706. The molecule has 9 heteroatoms. The lowest BCUT2D eigenvalue weighted by molar-refractivity contribution is 0.0264. The lowest BCUT2D eigenvalue weighted by atomic mass is 10.2. The number of nitrogens with zero attached hydrogens (tertiary/aromatic N) is 3. The maximum atomic E-state index is 12.1. The maximum absolute atomic E-state index is 12.1. The van der Waals surface area contributed by atoms with E-state index in [0.29, 0.717) is 32.1 Å². The van der Waals surface area contributed by atoms with Gasteiger partial charge in [-0.25, -0.2) is 9.78 Å². The molecule has 0 aliphatic heterocycles. The third-order valence-corrected chi connectivity index (χ3v) is 4.48. The van der Waals surface area contributed by atoms with Crippen molar-refractivity contribution in [1.82, 2.24) is 20.5 Å². The molecule has 0 atom stereocenters. The summed E-state index contributed by atoms with van der Waals surface area (Å²) in [5.41, 5.74) is 0.583. The summed E-state index contributed by atoms with van der Waals surface area (Å²) >= 11 is 1.68. The van der Waals surface area contributed by atoms with Crippen LogP contribution in [-0.2, 0) is 11.3 Å². The summed E-state index contributed by atoms with van der Waals surface area (Å²) < 4.78 is 5.40. The Bertz CT molecular complexity index is 579. The SMILES string of the molecule is CCN(CCNC(=NC)NCc1nc(C)c(C)s1)C(=O)OC(C)(C)C.I. The summed E-state index contributed by atoms with van der Waals surface area (Å²) in [6.07, 6.45) is -0.298. The largest absolute Gasteiger partial charge is 0.444 e. The number of ether oxygens (including phenoxy) is 1. The lowest BCUT2D eigenvalue weighted by Gasteiger charge is -2.26. The summed E-state index contributed by atoms with van der Waals surface area (Å²) in [6, 6.07) is 0. The first-order valence-electron chi connectivity index (χ1n) is 8.51. The average Bonchev–Trinajstić information content (AvgIpc) is 2.83. The number of aromatic nitrogens is 1. The van der Waals surface area contributed by atoms with Gasteiger partial charge in [0.05, 0.1) is 12.2 Å². The third-order valence-electron chi connectivity index (χ3n) is 3.41. The molecule has 1 aromatic rings. The molecule has 1 amide bonds. The van der Waals surface area contributed by atoms with Crippen LogP contribution in [-0.4, -0.2) is 54.2 Å². The Balaban J connectivity index is 0.00000625. The number of halogens is 1. The van der Waals surface area contributed by atoms with Gasteiger partial charge in [-0.2, -0.15) is 0 Å². The number of aliphatic imine (C=N–C) groups is 1. The quantitative estimate of drug-likeness (QED) is 0.358. The van der Waals surface area contributed by atoms with Gasteiger partial charge >= 0.3 is 6.09 Å². The van der Waals surface area contributed by atoms with Gasteiger partial charge in [-0.15, -0.1) is 35.3 Å². The van der Waals surface area contributed by atoms with Gasteiger partial charge in [0, 0.05) is 31.6 Å². The minimum Gasteiger partial charge on any atom is -0.444 e. The van der Waals surface area contributed by atoms with E-state index in [1.807, 2.05) is 34.6 Å². The molecule has 0 spiro atoms. The standard InChI is InChI=1S/C17H31N5O2S.HI/c1-8-22(16(23)24-17(4,5)6)10-9-19-15(18-7)20-11-14-21-12(2)13(3)25-14;/h8-11H2,1-7H3,(H2,18,19,20);1H. The van der Waals surface area contributed by atoms with Crippen LogP contribution in [0.3, 0.4) is 0 Å². The molecule has 0 saturated carbocycles. The molecular weight excluding hydrogens is 465 g/mol. The molecule has 0 saturated heterocycles. The minimum absolute atomic E-state index is 0. The number of nitrogens with one attached hydrogen (secondary N) is 2. The lowest BCUT2D eigenvalue weighted by Crippen LogP contribution is -2.44. The molecule has 0 radical (unpaired) electrons. The van der Waals surface area contributed by atoms with E-state index >= 15 is 0 Å². The highest BCUT2D eigenvalue weighted by Crippen LogP contribution is 2.15. The van der Waals surface area contributed by atoms with E-state index in [9.17, 15) is 4.79 Å². The van der Waals surface area contributed by atoms with Crippen LogP contribution in [0.25, 0.3) is 0 Å². The second kappa shape index (κ2) is 11.6. The van der Waals surface area contributed by atoms with Crippen molar-refractivity contribution in [1.29, 1.82) is 0 Å². The number of aryl methyl sites for hydroxylation is 2. The molecule has 1 heterocycles. The van der Waals surface area contributed by atoms with Gasteiger partial charge in [-0.1, -0.05) is 0 Å². The molecule has 7 nitrogen and oxygen atoms in total. The molecule has 0 aromatic carbocycles. The maximum Gasteiger partial charge on any atom is 0.410 e. The van der Waals surface area contributed by atoms with Gasteiger partial charge in [0.1, 0.15) is 10.6 Å². The van der Waals surface area contributed by atoms with Crippen molar-refractivity contribution >= 4 is 47.4 Å². The monoisotopic (exact) mass is 497 g/mol. The van der Waals surface area contributed by atoms with Crippen molar-refractivity contribution in [2.24, 2.45) is 4.99 Å². The van der Waals surface area contributed by atoms with Crippen LogP contribution in [0.2, 0.25) is 0 Å². The van der Waals surface area contributed by atoms with Gasteiger partial charge in [-0.05, 0) is 41.5 Å². The van der Waals surface area contributed by atoms with Crippen molar-refractivity contribution in [3.8, 4) is 0 Å². The van der Waals surface area contributed by atoms with Crippen LogP contribution in [0.4, 0.5) is 4.79 Å². The number of likely N-dealkylation sites (N-methyl/N-ethyl adjacent to an activating group) is 1. The second-order valence-electron chi connectivity index (χ2n) is 6.66. The minimum atomic E-state index is -0.487. The van der Waals surface area contributed by atoms with E-state index in [1.165, 1.54) is 4.88 Å². The van der Waals surface area contributed by atoms with Crippen LogP contribution in [0.1, 0.15) is 43.3 Å². The van der Waals surface area contributed by atoms with E-state index in [4.69, 9.17) is 4.74 Å². The number of thiazole rings is 1. The summed E-state index contributed by atoms with van der Waals surface area (Å²) in [5, 5.41) is 7.48. The molecule has 0 aliphatic rings. The Morgan fingerprint density at radius 1 is 1.31 bits per heavy atom. The number of guanidine groups is 1. The van der Waals surface area contributed by atoms with Crippen LogP contribution in [0.15, 0.2) is 4.99 Å². The van der Waals surface area contributed by atoms with E-state index < -0.39 is 5.60 Å². The Labute approximate surface area is 178 Å². The fourth-order valence-corrected chi connectivity index (χ4v) is 2.88. The highest BCUT2D eigenvalue weighted by atomic mass is 127. The van der Waals surface area contributed by atoms with Gasteiger partial charge in [0.2, 0.25) is 0 Å². The molecule has 0 aliphatic carbocycles. The zero-order chi connectivity index (χ0) is 19.0. The molecule has 0 unspecified atom stereocenters. The van der Waals surface area contributed by atoms with E-state index in [2.05, 4.69) is 27.5 Å². The van der Waals surface area contributed by atoms with Crippen molar-refractivity contribution in [3.05, 3.63) is 15.6 Å². The fourth-order valence-electron chi connectivity index (χ4n) is 2.01. The van der Waals surface area contributed by atoms with Gasteiger partial charge < -0.3 is 20.3 Å². The highest BCUT2D eigenvalue weighted by Gasteiger charge is 2.20. The second-order valence-corrected chi connectivity index (χ2v) is 7.95. The number of rotatable bonds is 6. The number of hydrogen-bond donors (Lipinski definition) is 2. The Morgan fingerprint density at radius 3 is 2.42 bits per heavy atom. The topological polar surface area (TPSA) is 78.9 Å². The number of amides is 1. The first-order valence-corrected chi connectivity index (χ1v) is 9.33. The number of carbonyl (C=O) groups excluding carboxylic acids is 1. The molecule has 26 heavy (non-hydrogen) atoms. The molecule has 2 N–H and O–H groups in total. The molecule has 0 bridgehead atoms. The van der Waals surface area contributed by atoms with Crippen molar-refractivity contribution < 1.29 is 9.53 Å². The van der Waals surface area contributed by atoms with Gasteiger partial charge in [0.25, 0.3) is 0 Å². The molecule has 0 fully saturated rings. The van der Waals surface area contributed by atoms with Crippen LogP contribution >= 0.6 is 35.3 Å². The van der Waals surface area contributed by atoms with Gasteiger partial charge in [-0.3, -0.25) is 4.99 Å². The summed E-state index contributed by atoms with van der Waals surface area (Å²) in [5.74, 6) is 0.686. The summed E-state index contributed by atoms with van der Waals surface area (Å²) in [4.78, 5) is 23.7.